The van der Waals surface area contributed by atoms with Crippen molar-refractivity contribution in [3.63, 3.8) is 0 Å². The first-order valence-electron chi connectivity index (χ1n) is 6.90. The lowest BCUT2D eigenvalue weighted by molar-refractivity contribution is 0.234. The lowest BCUT2D eigenvalue weighted by Gasteiger charge is -2.32. The number of thiophene rings is 1. The van der Waals surface area contributed by atoms with Crippen molar-refractivity contribution >= 4 is 34.9 Å². The van der Waals surface area contributed by atoms with Crippen LogP contribution in [0.5, 0.6) is 0 Å². The molecule has 1 saturated heterocycles. The number of piperidine rings is 1. The Morgan fingerprint density at radius 3 is 2.95 bits per heavy atom. The van der Waals surface area contributed by atoms with E-state index in [0.717, 1.165) is 36.6 Å². The fraction of sp³-hybridized carbons (Fsp3) is 0.462. The van der Waals surface area contributed by atoms with Crippen molar-refractivity contribution in [3.8, 4) is 0 Å². The summed E-state index contributed by atoms with van der Waals surface area (Å²) < 4.78 is 8.27. The fourth-order valence-corrected chi connectivity index (χ4v) is 3.45. The molecule has 21 heavy (non-hydrogen) atoms. The van der Waals surface area contributed by atoms with Crippen LogP contribution in [-0.2, 0) is 6.54 Å². The van der Waals surface area contributed by atoms with E-state index < -0.39 is 0 Å². The first-order valence-corrected chi connectivity index (χ1v) is 8.51. The summed E-state index contributed by atoms with van der Waals surface area (Å²) in [6, 6.07) is 4.15. The van der Waals surface area contributed by atoms with Gasteiger partial charge in [-0.05, 0) is 24.3 Å². The summed E-state index contributed by atoms with van der Waals surface area (Å²) in [6.45, 7) is 2.40. The van der Waals surface area contributed by atoms with Crippen molar-refractivity contribution in [3.05, 3.63) is 28.6 Å². The van der Waals surface area contributed by atoms with Gasteiger partial charge in [-0.15, -0.1) is 11.3 Å². The van der Waals surface area contributed by atoms with Gasteiger partial charge in [-0.1, -0.05) is 6.07 Å². The van der Waals surface area contributed by atoms with Crippen molar-refractivity contribution in [2.45, 2.75) is 25.4 Å². The minimum atomic E-state index is -0.0859. The van der Waals surface area contributed by atoms with Gasteiger partial charge in [-0.2, -0.15) is 8.75 Å². The van der Waals surface area contributed by atoms with E-state index in [4.69, 9.17) is 0 Å². The largest absolute Gasteiger partial charge is 0.354 e. The molecule has 0 unspecified atom stereocenters. The molecule has 2 aromatic rings. The van der Waals surface area contributed by atoms with Crippen LogP contribution in [0.4, 0.5) is 10.6 Å². The van der Waals surface area contributed by atoms with E-state index >= 15 is 0 Å². The zero-order valence-electron chi connectivity index (χ0n) is 11.5. The third-order valence-electron chi connectivity index (χ3n) is 3.51. The zero-order valence-corrected chi connectivity index (χ0v) is 13.1. The molecule has 8 heteroatoms. The molecule has 6 nitrogen and oxygen atoms in total. The van der Waals surface area contributed by atoms with Crippen LogP contribution in [-0.4, -0.2) is 33.9 Å². The summed E-state index contributed by atoms with van der Waals surface area (Å²) in [5.74, 6) is 0.945. The Kier molecular flexibility index (Phi) is 4.66. The van der Waals surface area contributed by atoms with E-state index in [1.807, 2.05) is 17.5 Å². The topological polar surface area (TPSA) is 70.2 Å². The number of nitrogens with zero attached hydrogens (tertiary/aromatic N) is 3. The predicted octanol–water partition coefficient (Wildman–Crippen LogP) is 2.07. The normalized spacial score (nSPS) is 15.9. The lowest BCUT2D eigenvalue weighted by Crippen LogP contribution is -2.47. The van der Waals surface area contributed by atoms with E-state index in [0.29, 0.717) is 6.54 Å². The van der Waals surface area contributed by atoms with Gasteiger partial charge < -0.3 is 15.5 Å². The summed E-state index contributed by atoms with van der Waals surface area (Å²) in [6.07, 6.45) is 3.67. The lowest BCUT2D eigenvalue weighted by atomic mass is 10.1. The van der Waals surface area contributed by atoms with Crippen LogP contribution < -0.4 is 15.5 Å². The Morgan fingerprint density at radius 1 is 1.43 bits per heavy atom. The number of hydrogen-bond donors (Lipinski definition) is 2. The number of aromatic nitrogens is 2. The molecule has 112 valence electrons. The second kappa shape index (κ2) is 6.86. The van der Waals surface area contributed by atoms with E-state index in [9.17, 15) is 4.79 Å². The van der Waals surface area contributed by atoms with Crippen LogP contribution in [0.1, 0.15) is 17.7 Å². The first-order chi connectivity index (χ1) is 10.3. The molecule has 2 amide bonds. The average molecular weight is 323 g/mol. The second-order valence-corrected chi connectivity index (χ2v) is 6.52. The number of anilines is 1. The predicted molar refractivity (Wildman–Crippen MR) is 84.8 cm³/mol. The molecule has 0 aromatic carbocycles. The molecule has 1 aliphatic rings. The van der Waals surface area contributed by atoms with Crippen LogP contribution >= 0.6 is 23.1 Å². The van der Waals surface area contributed by atoms with E-state index in [2.05, 4.69) is 24.3 Å². The molecule has 2 aromatic heterocycles. The van der Waals surface area contributed by atoms with Crippen LogP contribution in [0, 0.1) is 0 Å². The van der Waals surface area contributed by atoms with Crippen molar-refractivity contribution in [2.75, 3.05) is 18.0 Å². The maximum Gasteiger partial charge on any atom is 0.315 e. The van der Waals surface area contributed by atoms with Gasteiger partial charge in [0.2, 0.25) is 0 Å². The maximum atomic E-state index is 11.9. The highest BCUT2D eigenvalue weighted by molar-refractivity contribution is 7.09. The molecule has 0 saturated carbocycles. The standard InChI is InChI=1S/C13H17N5OS2/c19-13(14-8-11-2-1-7-20-11)16-10-3-5-18(6-4-10)12-9-15-21-17-12/h1-2,7,9-10H,3-6,8H2,(H2,14,16,19). The fourth-order valence-electron chi connectivity index (χ4n) is 2.37. The van der Waals surface area contributed by atoms with Crippen LogP contribution in [0.15, 0.2) is 23.7 Å². The number of carbonyl (C=O) groups excluding carboxylic acids is 1. The summed E-state index contributed by atoms with van der Waals surface area (Å²) in [5.41, 5.74) is 0. The Balaban J connectivity index is 1.39. The molecule has 0 aliphatic carbocycles. The molecule has 0 atom stereocenters. The molecule has 1 aliphatic heterocycles. The molecule has 0 radical (unpaired) electrons. The van der Waals surface area contributed by atoms with Gasteiger partial charge in [-0.3, -0.25) is 0 Å². The molecule has 0 bridgehead atoms. The van der Waals surface area contributed by atoms with Crippen molar-refractivity contribution in [1.29, 1.82) is 0 Å². The number of amides is 2. The smallest absolute Gasteiger partial charge is 0.315 e. The van der Waals surface area contributed by atoms with Gasteiger partial charge in [0, 0.05) is 24.0 Å². The summed E-state index contributed by atoms with van der Waals surface area (Å²) >= 11 is 2.88. The Hall–Kier alpha value is -1.67. The van der Waals surface area contributed by atoms with Gasteiger partial charge >= 0.3 is 6.03 Å². The average Bonchev–Trinajstić information content (AvgIpc) is 3.19. The van der Waals surface area contributed by atoms with E-state index in [1.165, 1.54) is 11.7 Å². The summed E-state index contributed by atoms with van der Waals surface area (Å²) in [7, 11) is 0. The summed E-state index contributed by atoms with van der Waals surface area (Å²) in [4.78, 5) is 15.2. The van der Waals surface area contributed by atoms with Crippen molar-refractivity contribution < 1.29 is 4.79 Å². The second-order valence-electron chi connectivity index (χ2n) is 4.93. The minimum Gasteiger partial charge on any atom is -0.354 e. The monoisotopic (exact) mass is 323 g/mol. The number of carbonyl (C=O) groups is 1. The van der Waals surface area contributed by atoms with Gasteiger partial charge in [-0.25, -0.2) is 4.79 Å². The molecule has 1 fully saturated rings. The highest BCUT2D eigenvalue weighted by atomic mass is 32.1. The maximum absolute atomic E-state index is 11.9. The number of rotatable bonds is 4. The molecule has 2 N–H and O–H groups in total. The highest BCUT2D eigenvalue weighted by Gasteiger charge is 2.21. The number of hydrogen-bond acceptors (Lipinski definition) is 6. The quantitative estimate of drug-likeness (QED) is 0.904. The number of urea groups is 1. The van der Waals surface area contributed by atoms with Crippen molar-refractivity contribution in [2.24, 2.45) is 0 Å². The van der Waals surface area contributed by atoms with Crippen LogP contribution in [0.2, 0.25) is 0 Å². The van der Waals surface area contributed by atoms with E-state index in [-0.39, 0.29) is 12.1 Å². The van der Waals surface area contributed by atoms with Gasteiger partial charge in [0.1, 0.15) is 0 Å². The SMILES string of the molecule is O=C(NCc1cccs1)NC1CCN(c2cnsn2)CC1. The number of nitrogens with one attached hydrogen (secondary N) is 2. The Morgan fingerprint density at radius 2 is 2.29 bits per heavy atom. The van der Waals surface area contributed by atoms with Crippen LogP contribution in [0.25, 0.3) is 0 Å². The molecule has 3 heterocycles. The highest BCUT2D eigenvalue weighted by Crippen LogP contribution is 2.17. The molecule has 0 spiro atoms. The molecule has 3 rings (SSSR count). The molecular weight excluding hydrogens is 306 g/mol. The van der Waals surface area contributed by atoms with E-state index in [1.54, 1.807) is 17.5 Å². The minimum absolute atomic E-state index is 0.0859. The Bertz CT molecular complexity index is 549. The summed E-state index contributed by atoms with van der Waals surface area (Å²) in [5, 5.41) is 7.95. The van der Waals surface area contributed by atoms with Crippen LogP contribution in [0.3, 0.4) is 0 Å². The van der Waals surface area contributed by atoms with Gasteiger partial charge in [0.25, 0.3) is 0 Å². The van der Waals surface area contributed by atoms with Gasteiger partial charge in [0.15, 0.2) is 5.82 Å². The Labute approximate surface area is 131 Å². The van der Waals surface area contributed by atoms with Gasteiger partial charge in [0.05, 0.1) is 24.5 Å². The third-order valence-corrected chi connectivity index (χ3v) is 4.85. The molecular formula is C13H17N5OS2. The zero-order chi connectivity index (χ0) is 14.5. The third kappa shape index (κ3) is 3.92. The first kappa shape index (κ1) is 14.3. The van der Waals surface area contributed by atoms with Crippen molar-refractivity contribution in [1.82, 2.24) is 19.4 Å².